The van der Waals surface area contributed by atoms with E-state index < -0.39 is 20.8 Å². The second-order valence-corrected chi connectivity index (χ2v) is 9.43. The van der Waals surface area contributed by atoms with Crippen LogP contribution in [0.1, 0.15) is 83.1 Å². The van der Waals surface area contributed by atoms with Gasteiger partial charge in [0.25, 0.3) is 10.1 Å². The molecule has 0 unspecified atom stereocenters. The Morgan fingerprint density at radius 1 is 0.774 bits per heavy atom. The van der Waals surface area contributed by atoms with Gasteiger partial charge in [-0.3, -0.25) is 4.55 Å². The normalized spacial score (nSPS) is 11.5. The average molecular weight is 449 g/mol. The van der Waals surface area contributed by atoms with E-state index in [1.54, 1.807) is 36.4 Å². The maximum absolute atomic E-state index is 11.9. The van der Waals surface area contributed by atoms with Crippen LogP contribution in [0.4, 0.5) is 0 Å². The van der Waals surface area contributed by atoms with Crippen molar-refractivity contribution < 1.29 is 22.8 Å². The van der Waals surface area contributed by atoms with Gasteiger partial charge in [0.2, 0.25) is 0 Å². The molecule has 0 fully saturated rings. The minimum Gasteiger partial charge on any atom is -0.503 e. The average Bonchev–Trinajstić information content (AvgIpc) is 2.73. The summed E-state index contributed by atoms with van der Waals surface area (Å²) in [6, 6.07) is 11.9. The summed E-state index contributed by atoms with van der Waals surface area (Å²) in [5.74, 6) is -0.0781. The van der Waals surface area contributed by atoms with E-state index in [-0.39, 0.29) is 5.75 Å². The Labute approximate surface area is 187 Å². The Morgan fingerprint density at radius 3 is 1.87 bits per heavy atom. The van der Waals surface area contributed by atoms with Crippen molar-refractivity contribution in [3.8, 4) is 17.2 Å². The van der Waals surface area contributed by atoms with Crippen molar-refractivity contribution in [1.29, 1.82) is 0 Å². The van der Waals surface area contributed by atoms with Crippen LogP contribution in [0.2, 0.25) is 0 Å². The largest absolute Gasteiger partial charge is 0.503 e. The van der Waals surface area contributed by atoms with E-state index >= 15 is 0 Å². The van der Waals surface area contributed by atoms with Crippen LogP contribution < -0.4 is 4.74 Å². The molecule has 2 aromatic rings. The number of hydrogen-bond acceptors (Lipinski definition) is 4. The van der Waals surface area contributed by atoms with Crippen LogP contribution in [0.15, 0.2) is 47.4 Å². The molecule has 0 amide bonds. The summed E-state index contributed by atoms with van der Waals surface area (Å²) in [5, 5.41) is 10.5. The molecule has 31 heavy (non-hydrogen) atoms. The monoisotopic (exact) mass is 448 g/mol. The van der Waals surface area contributed by atoms with Crippen LogP contribution in [0.5, 0.6) is 17.2 Å². The highest BCUT2D eigenvalue weighted by Gasteiger charge is 2.24. The minimum atomic E-state index is -4.57. The topological polar surface area (TPSA) is 83.8 Å². The van der Waals surface area contributed by atoms with Gasteiger partial charge in [-0.25, -0.2) is 0 Å². The summed E-state index contributed by atoms with van der Waals surface area (Å²) in [4.78, 5) is -0.451. The molecule has 0 heterocycles. The number of rotatable bonds is 15. The van der Waals surface area contributed by atoms with Crippen molar-refractivity contribution in [2.24, 2.45) is 0 Å². The molecule has 2 aromatic carbocycles. The number of ether oxygens (including phenoxy) is 1. The summed E-state index contributed by atoms with van der Waals surface area (Å²) < 4.78 is 39.1. The van der Waals surface area contributed by atoms with Crippen molar-refractivity contribution in [2.45, 2.75) is 88.9 Å². The summed E-state index contributed by atoms with van der Waals surface area (Å²) in [6.07, 6.45) is 13.7. The van der Waals surface area contributed by atoms with Gasteiger partial charge in [-0.1, -0.05) is 95.4 Å². The lowest BCUT2D eigenvalue weighted by Crippen LogP contribution is -2.05. The van der Waals surface area contributed by atoms with Crippen molar-refractivity contribution in [2.75, 3.05) is 0 Å². The van der Waals surface area contributed by atoms with Gasteiger partial charge in [0.05, 0.1) is 0 Å². The van der Waals surface area contributed by atoms with Crippen LogP contribution in [0.3, 0.4) is 0 Å². The Balaban J connectivity index is 1.85. The van der Waals surface area contributed by atoms with Crippen LogP contribution in [0, 0.1) is 0 Å². The third-order valence-electron chi connectivity index (χ3n) is 5.45. The molecule has 0 spiro atoms. The molecule has 0 aliphatic heterocycles. The lowest BCUT2D eigenvalue weighted by Gasteiger charge is -2.14. The lowest BCUT2D eigenvalue weighted by atomic mass is 10.0. The molecule has 0 atom stereocenters. The van der Waals surface area contributed by atoms with E-state index in [9.17, 15) is 18.1 Å². The second-order valence-electron chi connectivity index (χ2n) is 8.08. The van der Waals surface area contributed by atoms with E-state index in [0.29, 0.717) is 17.7 Å². The predicted octanol–water partition coefficient (Wildman–Crippen LogP) is 7.28. The molecular weight excluding hydrogens is 412 g/mol. The van der Waals surface area contributed by atoms with Gasteiger partial charge >= 0.3 is 0 Å². The number of aryl methyl sites for hydroxylation is 1. The molecule has 5 nitrogen and oxygen atoms in total. The quantitative estimate of drug-likeness (QED) is 0.221. The maximum atomic E-state index is 11.9. The second kappa shape index (κ2) is 13.4. The molecule has 172 valence electrons. The fourth-order valence-corrected chi connectivity index (χ4v) is 4.60. The van der Waals surface area contributed by atoms with Gasteiger partial charge < -0.3 is 9.84 Å². The molecule has 0 saturated carbocycles. The fourth-order valence-electron chi connectivity index (χ4n) is 3.76. The van der Waals surface area contributed by atoms with Crippen LogP contribution in [-0.4, -0.2) is 18.1 Å². The van der Waals surface area contributed by atoms with E-state index in [1.165, 1.54) is 51.4 Å². The van der Waals surface area contributed by atoms with Gasteiger partial charge in [0.1, 0.15) is 10.6 Å². The maximum Gasteiger partial charge on any atom is 0.298 e. The van der Waals surface area contributed by atoms with Crippen molar-refractivity contribution in [3.63, 3.8) is 0 Å². The zero-order valence-electron chi connectivity index (χ0n) is 18.6. The smallest absolute Gasteiger partial charge is 0.298 e. The molecule has 0 aliphatic rings. The first-order chi connectivity index (χ1) is 14.9. The zero-order chi connectivity index (χ0) is 22.5. The van der Waals surface area contributed by atoms with Crippen LogP contribution >= 0.6 is 0 Å². The molecule has 2 rings (SSSR count). The molecule has 0 bridgehead atoms. The lowest BCUT2D eigenvalue weighted by molar-refractivity contribution is 0.394. The number of aromatic hydroxyl groups is 1. The van der Waals surface area contributed by atoms with Crippen molar-refractivity contribution in [1.82, 2.24) is 0 Å². The third kappa shape index (κ3) is 8.91. The zero-order valence-corrected chi connectivity index (χ0v) is 19.4. The number of phenols is 1. The van der Waals surface area contributed by atoms with Gasteiger partial charge in [0, 0.05) is 0 Å². The van der Waals surface area contributed by atoms with Gasteiger partial charge in [-0.15, -0.1) is 0 Å². The van der Waals surface area contributed by atoms with Crippen LogP contribution in [0.25, 0.3) is 0 Å². The standard InChI is InChI=1S/C25H36O5S/c1-2-3-4-5-6-7-8-9-10-11-13-16-21-19-20-23(24(26)25(21)31(27,28)29)30-22-17-14-12-15-18-22/h12,14-15,17-20,26H,2-11,13,16H2,1H3,(H,27,28,29). The Kier molecular flexibility index (Phi) is 10.9. The predicted molar refractivity (Wildman–Crippen MR) is 125 cm³/mol. The number of phenolic OH excluding ortho intramolecular Hbond substituents is 1. The molecule has 0 radical (unpaired) electrons. The fraction of sp³-hybridized carbons (Fsp3) is 0.520. The van der Waals surface area contributed by atoms with Crippen molar-refractivity contribution >= 4 is 10.1 Å². The Bertz CT molecular complexity index is 878. The first kappa shape index (κ1) is 25.2. The summed E-state index contributed by atoms with van der Waals surface area (Å²) >= 11 is 0. The van der Waals surface area contributed by atoms with E-state index in [4.69, 9.17) is 4.74 Å². The molecule has 2 N–H and O–H groups in total. The molecule has 0 aliphatic carbocycles. The van der Waals surface area contributed by atoms with E-state index in [1.807, 2.05) is 6.07 Å². The summed E-state index contributed by atoms with van der Waals surface area (Å²) in [6.45, 7) is 2.23. The van der Waals surface area contributed by atoms with Gasteiger partial charge in [-0.05, 0) is 36.6 Å². The molecule has 0 aromatic heterocycles. The minimum absolute atomic E-state index is 0.00140. The highest BCUT2D eigenvalue weighted by molar-refractivity contribution is 7.86. The number of unbranched alkanes of at least 4 members (excludes halogenated alkanes) is 10. The molecular formula is C25H36O5S. The van der Waals surface area contributed by atoms with Gasteiger partial charge in [-0.2, -0.15) is 8.42 Å². The van der Waals surface area contributed by atoms with Crippen molar-refractivity contribution in [3.05, 3.63) is 48.0 Å². The van der Waals surface area contributed by atoms with Gasteiger partial charge in [0.15, 0.2) is 11.5 Å². The highest BCUT2D eigenvalue weighted by Crippen LogP contribution is 2.38. The summed E-state index contributed by atoms with van der Waals surface area (Å²) in [5.41, 5.74) is 0.413. The number of benzene rings is 2. The Hall–Kier alpha value is -2.05. The first-order valence-electron chi connectivity index (χ1n) is 11.5. The van der Waals surface area contributed by atoms with E-state index in [0.717, 1.165) is 19.3 Å². The number of para-hydroxylation sites is 1. The summed E-state index contributed by atoms with van der Waals surface area (Å²) in [7, 11) is -4.57. The first-order valence-corrected chi connectivity index (χ1v) is 12.9. The van der Waals surface area contributed by atoms with E-state index in [2.05, 4.69) is 6.92 Å². The Morgan fingerprint density at radius 2 is 1.32 bits per heavy atom. The molecule has 0 saturated heterocycles. The molecule has 6 heteroatoms. The number of hydrogen-bond donors (Lipinski definition) is 2. The third-order valence-corrected chi connectivity index (χ3v) is 6.43. The highest BCUT2D eigenvalue weighted by atomic mass is 32.2. The SMILES string of the molecule is CCCCCCCCCCCCCc1ccc(Oc2ccccc2)c(O)c1S(=O)(=O)O. The van der Waals surface area contributed by atoms with Crippen LogP contribution in [-0.2, 0) is 16.5 Å².